The summed E-state index contributed by atoms with van der Waals surface area (Å²) in [5.41, 5.74) is 10.2. The molecule has 0 radical (unpaired) electrons. The molecule has 0 amide bonds. The van der Waals surface area contributed by atoms with Gasteiger partial charge in [-0.25, -0.2) is 9.97 Å². The maximum Gasteiger partial charge on any atom is 0.157 e. The smallest absolute Gasteiger partial charge is 0.157 e. The summed E-state index contributed by atoms with van der Waals surface area (Å²) in [5.74, 6) is 1.10. The van der Waals surface area contributed by atoms with E-state index in [-0.39, 0.29) is 0 Å². The van der Waals surface area contributed by atoms with Gasteiger partial charge in [0.1, 0.15) is 12.4 Å². The van der Waals surface area contributed by atoms with Gasteiger partial charge in [0, 0.05) is 18.2 Å². The Hall–Kier alpha value is -1.94. The van der Waals surface area contributed by atoms with Crippen LogP contribution in [-0.2, 0) is 11.3 Å². The number of aryl methyl sites for hydroxylation is 2. The van der Waals surface area contributed by atoms with Crippen LogP contribution in [0.5, 0.6) is 0 Å². The van der Waals surface area contributed by atoms with Crippen molar-refractivity contribution in [2.75, 3.05) is 12.3 Å². The monoisotopic (exact) mass is 257 g/mol. The predicted octanol–water partition coefficient (Wildman–Crippen LogP) is 2.88. The van der Waals surface area contributed by atoms with Crippen LogP contribution >= 0.6 is 0 Å². The first kappa shape index (κ1) is 13.5. The molecule has 2 N–H and O–H groups in total. The molecule has 0 saturated carbocycles. The van der Waals surface area contributed by atoms with Crippen LogP contribution < -0.4 is 5.73 Å². The van der Waals surface area contributed by atoms with Crippen molar-refractivity contribution in [2.45, 2.75) is 27.4 Å². The minimum absolute atomic E-state index is 0.388. The average molecular weight is 257 g/mol. The summed E-state index contributed by atoms with van der Waals surface area (Å²) in [4.78, 5) is 8.72. The molecule has 1 heterocycles. The zero-order valence-electron chi connectivity index (χ0n) is 11.6. The van der Waals surface area contributed by atoms with Gasteiger partial charge in [-0.3, -0.25) is 0 Å². The molecule has 4 heteroatoms. The van der Waals surface area contributed by atoms with E-state index in [4.69, 9.17) is 10.5 Å². The molecule has 2 rings (SSSR count). The summed E-state index contributed by atoms with van der Waals surface area (Å²) >= 11 is 0. The van der Waals surface area contributed by atoms with Crippen LogP contribution in [0.4, 0.5) is 5.82 Å². The molecule has 2 aromatic rings. The third-order valence-corrected chi connectivity index (χ3v) is 2.90. The van der Waals surface area contributed by atoms with Gasteiger partial charge in [0.2, 0.25) is 0 Å². The number of nitrogens with two attached hydrogens (primary N) is 1. The Morgan fingerprint density at radius 2 is 1.95 bits per heavy atom. The Morgan fingerprint density at radius 3 is 2.68 bits per heavy atom. The van der Waals surface area contributed by atoms with Crippen LogP contribution in [0.25, 0.3) is 11.3 Å². The molecule has 0 atom stereocenters. The number of anilines is 1. The normalized spacial score (nSPS) is 10.7. The average Bonchev–Trinajstić information content (AvgIpc) is 2.38. The molecular formula is C15H19N3O. The van der Waals surface area contributed by atoms with E-state index >= 15 is 0 Å². The minimum atomic E-state index is 0.388. The summed E-state index contributed by atoms with van der Waals surface area (Å²) in [6.45, 7) is 7.10. The molecule has 0 saturated heterocycles. The molecular weight excluding hydrogens is 238 g/mol. The van der Waals surface area contributed by atoms with Crippen molar-refractivity contribution in [1.29, 1.82) is 0 Å². The van der Waals surface area contributed by atoms with E-state index in [0.29, 0.717) is 24.9 Å². The van der Waals surface area contributed by atoms with Gasteiger partial charge in [-0.2, -0.15) is 0 Å². The van der Waals surface area contributed by atoms with E-state index in [1.54, 1.807) is 6.07 Å². The Bertz CT molecular complexity index is 582. The SMILES string of the molecule is CCOCc1nc(N)cc(-c2cc(C)ccc2C)n1. The van der Waals surface area contributed by atoms with Crippen LogP contribution in [0.3, 0.4) is 0 Å². The summed E-state index contributed by atoms with van der Waals surface area (Å²) < 4.78 is 5.34. The Balaban J connectivity index is 2.43. The maximum absolute atomic E-state index is 5.85. The van der Waals surface area contributed by atoms with Crippen LogP contribution in [0.1, 0.15) is 23.9 Å². The number of benzene rings is 1. The van der Waals surface area contributed by atoms with Gasteiger partial charge in [0.05, 0.1) is 5.69 Å². The zero-order chi connectivity index (χ0) is 13.8. The molecule has 0 fully saturated rings. The molecule has 0 spiro atoms. The standard InChI is InChI=1S/C15H19N3O/c1-4-19-9-15-17-13(8-14(16)18-15)12-7-10(2)5-6-11(12)3/h5-8H,4,9H2,1-3H3,(H2,16,17,18). The number of hydrogen-bond donors (Lipinski definition) is 1. The van der Waals surface area contributed by atoms with Gasteiger partial charge < -0.3 is 10.5 Å². The third kappa shape index (κ3) is 3.29. The third-order valence-electron chi connectivity index (χ3n) is 2.90. The fourth-order valence-electron chi connectivity index (χ4n) is 1.93. The zero-order valence-corrected chi connectivity index (χ0v) is 11.6. The van der Waals surface area contributed by atoms with Gasteiger partial charge in [-0.1, -0.05) is 17.7 Å². The topological polar surface area (TPSA) is 61.0 Å². The van der Waals surface area contributed by atoms with E-state index in [2.05, 4.69) is 42.0 Å². The largest absolute Gasteiger partial charge is 0.384 e. The number of ether oxygens (including phenoxy) is 1. The van der Waals surface area contributed by atoms with Crippen molar-refractivity contribution in [3.05, 3.63) is 41.2 Å². The quantitative estimate of drug-likeness (QED) is 0.914. The second-order valence-corrected chi connectivity index (χ2v) is 4.55. The number of hydrogen-bond acceptors (Lipinski definition) is 4. The lowest BCUT2D eigenvalue weighted by Crippen LogP contribution is -2.04. The molecule has 1 aromatic heterocycles. The predicted molar refractivity (Wildman–Crippen MR) is 76.7 cm³/mol. The molecule has 4 nitrogen and oxygen atoms in total. The second kappa shape index (κ2) is 5.80. The van der Waals surface area contributed by atoms with E-state index < -0.39 is 0 Å². The molecule has 0 bridgehead atoms. The first-order valence-corrected chi connectivity index (χ1v) is 6.39. The summed E-state index contributed by atoms with van der Waals surface area (Å²) in [7, 11) is 0. The lowest BCUT2D eigenvalue weighted by molar-refractivity contribution is 0.128. The van der Waals surface area contributed by atoms with Gasteiger partial charge in [-0.05, 0) is 32.4 Å². The van der Waals surface area contributed by atoms with Gasteiger partial charge >= 0.3 is 0 Å². The highest BCUT2D eigenvalue weighted by Crippen LogP contribution is 2.24. The first-order valence-electron chi connectivity index (χ1n) is 6.39. The lowest BCUT2D eigenvalue weighted by atomic mass is 10.0. The van der Waals surface area contributed by atoms with E-state index in [9.17, 15) is 0 Å². The van der Waals surface area contributed by atoms with Crippen LogP contribution in [0, 0.1) is 13.8 Å². The molecule has 100 valence electrons. The van der Waals surface area contributed by atoms with Crippen molar-refractivity contribution in [2.24, 2.45) is 0 Å². The van der Waals surface area contributed by atoms with Gasteiger partial charge in [-0.15, -0.1) is 0 Å². The van der Waals surface area contributed by atoms with E-state index in [1.165, 1.54) is 11.1 Å². The number of aromatic nitrogens is 2. The van der Waals surface area contributed by atoms with Gasteiger partial charge in [0.15, 0.2) is 5.82 Å². The van der Waals surface area contributed by atoms with E-state index in [1.807, 2.05) is 6.92 Å². The summed E-state index contributed by atoms with van der Waals surface area (Å²) in [5, 5.41) is 0. The molecule has 19 heavy (non-hydrogen) atoms. The van der Waals surface area contributed by atoms with Gasteiger partial charge in [0.25, 0.3) is 0 Å². The van der Waals surface area contributed by atoms with Crippen molar-refractivity contribution >= 4 is 5.82 Å². The van der Waals surface area contributed by atoms with Crippen molar-refractivity contribution in [1.82, 2.24) is 9.97 Å². The highest BCUT2D eigenvalue weighted by Gasteiger charge is 2.08. The number of rotatable bonds is 4. The Labute approximate surface area is 113 Å². The molecule has 0 unspecified atom stereocenters. The number of nitrogens with zero attached hydrogens (tertiary/aromatic N) is 2. The van der Waals surface area contributed by atoms with Crippen LogP contribution in [0.2, 0.25) is 0 Å². The highest BCUT2D eigenvalue weighted by molar-refractivity contribution is 5.66. The van der Waals surface area contributed by atoms with Crippen LogP contribution in [-0.4, -0.2) is 16.6 Å². The highest BCUT2D eigenvalue weighted by atomic mass is 16.5. The van der Waals surface area contributed by atoms with E-state index in [0.717, 1.165) is 11.3 Å². The summed E-state index contributed by atoms with van der Waals surface area (Å²) in [6, 6.07) is 8.09. The molecule has 0 aliphatic carbocycles. The maximum atomic E-state index is 5.85. The first-order chi connectivity index (χ1) is 9.10. The summed E-state index contributed by atoms with van der Waals surface area (Å²) in [6.07, 6.45) is 0. The molecule has 0 aliphatic rings. The molecule has 0 aliphatic heterocycles. The fourth-order valence-corrected chi connectivity index (χ4v) is 1.93. The van der Waals surface area contributed by atoms with Crippen molar-refractivity contribution in [3.8, 4) is 11.3 Å². The van der Waals surface area contributed by atoms with Crippen molar-refractivity contribution < 1.29 is 4.74 Å². The van der Waals surface area contributed by atoms with Crippen molar-refractivity contribution in [3.63, 3.8) is 0 Å². The Kier molecular flexibility index (Phi) is 4.12. The minimum Gasteiger partial charge on any atom is -0.384 e. The van der Waals surface area contributed by atoms with Crippen LogP contribution in [0.15, 0.2) is 24.3 Å². The Morgan fingerprint density at radius 1 is 1.16 bits per heavy atom. The lowest BCUT2D eigenvalue weighted by Gasteiger charge is -2.09. The number of nitrogen functional groups attached to an aromatic ring is 1. The fraction of sp³-hybridized carbons (Fsp3) is 0.333. The molecule has 1 aromatic carbocycles. The second-order valence-electron chi connectivity index (χ2n) is 4.55.